The fourth-order valence-electron chi connectivity index (χ4n) is 3.50. The number of carbonyl (C=O) groups is 2. The molecule has 0 aliphatic heterocycles. The van der Waals surface area contributed by atoms with Crippen LogP contribution in [0.4, 0.5) is 5.69 Å². The average Bonchev–Trinajstić information content (AvgIpc) is 3.23. The van der Waals surface area contributed by atoms with Gasteiger partial charge in [-0.2, -0.15) is 0 Å². The third-order valence-corrected chi connectivity index (χ3v) is 6.32. The number of amides is 2. The number of ether oxygens (including phenoxy) is 1. The summed E-state index contributed by atoms with van der Waals surface area (Å²) in [6.45, 7) is 8.45. The van der Waals surface area contributed by atoms with Gasteiger partial charge in [0.2, 0.25) is 11.8 Å². The van der Waals surface area contributed by atoms with E-state index in [2.05, 4.69) is 20.8 Å². The molecule has 2 aromatic carbocycles. The van der Waals surface area contributed by atoms with Crippen LogP contribution >= 0.6 is 11.8 Å². The molecule has 0 bridgehead atoms. The molecule has 9 heteroatoms. The number of rotatable bonds is 10. The topological polar surface area (TPSA) is 98.1 Å². The van der Waals surface area contributed by atoms with Crippen LogP contribution in [-0.4, -0.2) is 39.4 Å². The van der Waals surface area contributed by atoms with Crippen molar-refractivity contribution in [2.45, 2.75) is 51.9 Å². The van der Waals surface area contributed by atoms with Crippen LogP contribution in [-0.2, 0) is 22.6 Å². The van der Waals surface area contributed by atoms with Gasteiger partial charge in [0.1, 0.15) is 5.75 Å². The van der Waals surface area contributed by atoms with Crippen LogP contribution in [0.3, 0.4) is 0 Å². The first-order valence-electron chi connectivity index (χ1n) is 11.2. The summed E-state index contributed by atoms with van der Waals surface area (Å²) >= 11 is 1.32. The number of benzene rings is 2. The molecule has 0 radical (unpaired) electrons. The second-order valence-corrected chi connectivity index (χ2v) is 9.00. The number of aromatic nitrogens is 3. The molecule has 1 atom stereocenters. The number of nitrogens with zero attached hydrogens (tertiary/aromatic N) is 3. The summed E-state index contributed by atoms with van der Waals surface area (Å²) < 4.78 is 7.08. The third kappa shape index (κ3) is 6.60. The lowest BCUT2D eigenvalue weighted by molar-refractivity contribution is -0.121. The van der Waals surface area contributed by atoms with E-state index in [1.807, 2.05) is 74.7 Å². The van der Waals surface area contributed by atoms with Crippen LogP contribution in [0, 0.1) is 13.8 Å². The van der Waals surface area contributed by atoms with Crippen molar-refractivity contribution in [3.05, 3.63) is 65.0 Å². The second kappa shape index (κ2) is 11.7. The molecule has 0 saturated heterocycles. The third-order valence-electron chi connectivity index (χ3n) is 5.35. The smallest absolute Gasteiger partial charge is 0.234 e. The van der Waals surface area contributed by atoms with Crippen molar-refractivity contribution >= 4 is 29.3 Å². The Morgan fingerprint density at radius 1 is 1.09 bits per heavy atom. The Morgan fingerprint density at radius 2 is 1.82 bits per heavy atom. The van der Waals surface area contributed by atoms with Crippen molar-refractivity contribution in [3.8, 4) is 5.75 Å². The van der Waals surface area contributed by atoms with Crippen molar-refractivity contribution in [2.75, 3.05) is 18.2 Å². The highest BCUT2D eigenvalue weighted by Crippen LogP contribution is 2.22. The van der Waals surface area contributed by atoms with E-state index in [0.717, 1.165) is 28.1 Å². The van der Waals surface area contributed by atoms with Gasteiger partial charge in [0.15, 0.2) is 11.0 Å². The quantitative estimate of drug-likeness (QED) is 0.424. The molecule has 0 aliphatic rings. The van der Waals surface area contributed by atoms with Crippen molar-refractivity contribution in [2.24, 2.45) is 0 Å². The first-order valence-corrected chi connectivity index (χ1v) is 12.1. The van der Waals surface area contributed by atoms with Crippen molar-refractivity contribution in [3.63, 3.8) is 0 Å². The molecule has 1 aromatic heterocycles. The molecule has 3 aromatic rings. The number of thioether (sulfide) groups is 1. The maximum absolute atomic E-state index is 12.5. The Morgan fingerprint density at radius 3 is 2.50 bits per heavy atom. The van der Waals surface area contributed by atoms with E-state index in [4.69, 9.17) is 4.74 Å². The number of hydrogen-bond acceptors (Lipinski definition) is 6. The number of anilines is 1. The van der Waals surface area contributed by atoms with Crippen LogP contribution in [0.15, 0.2) is 47.6 Å². The first-order chi connectivity index (χ1) is 16.3. The summed E-state index contributed by atoms with van der Waals surface area (Å²) in [7, 11) is 1.61. The van der Waals surface area contributed by atoms with Gasteiger partial charge in [0.05, 0.1) is 25.3 Å². The largest absolute Gasteiger partial charge is 0.497 e. The van der Waals surface area contributed by atoms with Gasteiger partial charge in [-0.1, -0.05) is 36.0 Å². The number of hydrogen-bond donors (Lipinski definition) is 2. The summed E-state index contributed by atoms with van der Waals surface area (Å²) in [5.74, 6) is 1.41. The summed E-state index contributed by atoms with van der Waals surface area (Å²) in [6, 6.07) is 13.0. The van der Waals surface area contributed by atoms with Gasteiger partial charge in [0.25, 0.3) is 0 Å². The monoisotopic (exact) mass is 481 g/mol. The van der Waals surface area contributed by atoms with Crippen LogP contribution in [0.1, 0.15) is 42.4 Å². The Bertz CT molecular complexity index is 1140. The number of nitrogens with one attached hydrogen (secondary N) is 2. The van der Waals surface area contributed by atoms with Gasteiger partial charge >= 0.3 is 0 Å². The molecule has 0 saturated carbocycles. The molecule has 0 aliphatic carbocycles. The molecule has 3 rings (SSSR count). The zero-order valence-corrected chi connectivity index (χ0v) is 21.0. The molecule has 2 amide bonds. The highest BCUT2D eigenvalue weighted by atomic mass is 32.2. The van der Waals surface area contributed by atoms with E-state index in [9.17, 15) is 9.59 Å². The first kappa shape index (κ1) is 25.3. The molecule has 0 spiro atoms. The number of carbonyl (C=O) groups excluding carboxylic acids is 2. The Labute approximate surface area is 204 Å². The fourth-order valence-corrected chi connectivity index (χ4v) is 4.31. The van der Waals surface area contributed by atoms with Crippen LogP contribution in [0.5, 0.6) is 5.75 Å². The SMILES string of the molecule is CCn1c(SCC(=O)Nc2cc(C)ccc2C)nnc1[C@@H](C)NC(=O)Cc1ccc(OC)cc1. The van der Waals surface area contributed by atoms with E-state index in [0.29, 0.717) is 17.5 Å². The zero-order chi connectivity index (χ0) is 24.7. The molecule has 8 nitrogen and oxygen atoms in total. The normalized spacial score (nSPS) is 11.7. The van der Waals surface area contributed by atoms with Crippen molar-refractivity contribution in [1.82, 2.24) is 20.1 Å². The number of aryl methyl sites for hydroxylation is 2. The molecule has 0 unspecified atom stereocenters. The van der Waals surface area contributed by atoms with E-state index < -0.39 is 0 Å². The standard InChI is InChI=1S/C25H31N5O3S/c1-6-30-24(18(4)26-22(31)14-19-9-11-20(33-5)12-10-19)28-29-25(30)34-15-23(32)27-21-13-16(2)7-8-17(21)3/h7-13,18H,6,14-15H2,1-5H3,(H,26,31)(H,27,32)/t18-/m1/s1. The fraction of sp³-hybridized carbons (Fsp3) is 0.360. The Kier molecular flexibility index (Phi) is 8.70. The molecule has 180 valence electrons. The van der Waals surface area contributed by atoms with E-state index in [-0.39, 0.29) is 30.0 Å². The summed E-state index contributed by atoms with van der Waals surface area (Å²) in [5, 5.41) is 15.1. The predicted octanol–water partition coefficient (Wildman–Crippen LogP) is 4.07. The second-order valence-electron chi connectivity index (χ2n) is 8.05. The van der Waals surface area contributed by atoms with Gasteiger partial charge in [-0.15, -0.1) is 10.2 Å². The lowest BCUT2D eigenvalue weighted by Crippen LogP contribution is -2.30. The highest BCUT2D eigenvalue weighted by molar-refractivity contribution is 7.99. The van der Waals surface area contributed by atoms with E-state index >= 15 is 0 Å². The molecular weight excluding hydrogens is 450 g/mol. The van der Waals surface area contributed by atoms with E-state index in [1.165, 1.54) is 11.8 Å². The summed E-state index contributed by atoms with van der Waals surface area (Å²) in [6.07, 6.45) is 0.259. The van der Waals surface area contributed by atoms with Crippen molar-refractivity contribution < 1.29 is 14.3 Å². The minimum atomic E-state index is -0.323. The molecule has 1 heterocycles. The predicted molar refractivity (Wildman–Crippen MR) is 134 cm³/mol. The Balaban J connectivity index is 1.58. The summed E-state index contributed by atoms with van der Waals surface area (Å²) in [5.41, 5.74) is 3.82. The van der Waals surface area contributed by atoms with Crippen molar-refractivity contribution in [1.29, 1.82) is 0 Å². The zero-order valence-electron chi connectivity index (χ0n) is 20.2. The molecule has 0 fully saturated rings. The maximum Gasteiger partial charge on any atom is 0.234 e. The Hall–Kier alpha value is -3.33. The highest BCUT2D eigenvalue weighted by Gasteiger charge is 2.20. The van der Waals surface area contributed by atoms with Crippen LogP contribution in [0.2, 0.25) is 0 Å². The lowest BCUT2D eigenvalue weighted by Gasteiger charge is -2.15. The van der Waals surface area contributed by atoms with Gasteiger partial charge in [-0.3, -0.25) is 9.59 Å². The minimum absolute atomic E-state index is 0.105. The summed E-state index contributed by atoms with van der Waals surface area (Å²) in [4.78, 5) is 25.0. The minimum Gasteiger partial charge on any atom is -0.497 e. The molecule has 34 heavy (non-hydrogen) atoms. The maximum atomic E-state index is 12.5. The van der Waals surface area contributed by atoms with Gasteiger partial charge in [-0.05, 0) is 62.6 Å². The molecular formula is C25H31N5O3S. The van der Waals surface area contributed by atoms with Gasteiger partial charge < -0.3 is 19.9 Å². The molecule has 2 N–H and O–H groups in total. The average molecular weight is 482 g/mol. The number of methoxy groups -OCH3 is 1. The van der Waals surface area contributed by atoms with Crippen LogP contribution in [0.25, 0.3) is 0 Å². The lowest BCUT2D eigenvalue weighted by atomic mass is 10.1. The van der Waals surface area contributed by atoms with Crippen LogP contribution < -0.4 is 15.4 Å². The van der Waals surface area contributed by atoms with Gasteiger partial charge in [-0.25, -0.2) is 0 Å². The van der Waals surface area contributed by atoms with E-state index in [1.54, 1.807) is 7.11 Å². The van der Waals surface area contributed by atoms with Gasteiger partial charge in [0, 0.05) is 12.2 Å².